The monoisotopic (exact) mass is 235 g/mol. The number of nitrogens with one attached hydrogen (secondary N) is 1. The molecule has 1 fully saturated rings. The van der Waals surface area contributed by atoms with E-state index in [2.05, 4.69) is 15.3 Å². The van der Waals surface area contributed by atoms with Crippen LogP contribution in [0.5, 0.6) is 0 Å². The largest absolute Gasteiger partial charge is 0.304 e. The number of pyridine rings is 1. The number of rotatable bonds is 1. The lowest BCUT2D eigenvalue weighted by molar-refractivity contribution is -0.118. The van der Waals surface area contributed by atoms with E-state index in [1.54, 1.807) is 19.1 Å². The van der Waals surface area contributed by atoms with Crippen LogP contribution >= 0.6 is 11.8 Å². The van der Waals surface area contributed by atoms with Gasteiger partial charge in [-0.3, -0.25) is 14.6 Å². The Morgan fingerprint density at radius 2 is 2.19 bits per heavy atom. The average molecular weight is 235 g/mol. The summed E-state index contributed by atoms with van der Waals surface area (Å²) in [7, 11) is 0. The van der Waals surface area contributed by atoms with Gasteiger partial charge in [0, 0.05) is 18.0 Å². The fraction of sp³-hybridized carbons (Fsp3) is 0.200. The van der Waals surface area contributed by atoms with E-state index in [0.29, 0.717) is 10.7 Å². The number of carbonyl (C=O) groups excluding carboxylic acids is 2. The van der Waals surface area contributed by atoms with Crippen LogP contribution in [0.25, 0.3) is 0 Å². The molecule has 2 amide bonds. The molecule has 0 spiro atoms. The minimum absolute atomic E-state index is 0.119. The molecular formula is C10H9N3O2S. The van der Waals surface area contributed by atoms with Crippen molar-refractivity contribution in [3.63, 3.8) is 0 Å². The van der Waals surface area contributed by atoms with Gasteiger partial charge in [0.2, 0.25) is 5.91 Å². The molecule has 0 unspecified atom stereocenters. The van der Waals surface area contributed by atoms with E-state index < -0.39 is 0 Å². The summed E-state index contributed by atoms with van der Waals surface area (Å²) in [4.78, 5) is 30.4. The van der Waals surface area contributed by atoms with E-state index in [4.69, 9.17) is 0 Å². The molecule has 1 saturated heterocycles. The summed E-state index contributed by atoms with van der Waals surface area (Å²) in [5, 5.41) is 2.71. The second kappa shape index (κ2) is 4.44. The number of thioether (sulfide) groups is 1. The van der Waals surface area contributed by atoms with Crippen LogP contribution in [0.15, 0.2) is 29.5 Å². The van der Waals surface area contributed by atoms with Crippen molar-refractivity contribution in [2.75, 3.05) is 0 Å². The molecule has 1 aliphatic heterocycles. The topological polar surface area (TPSA) is 71.4 Å². The Balaban J connectivity index is 2.14. The molecule has 1 aromatic rings. The van der Waals surface area contributed by atoms with E-state index in [1.807, 2.05) is 0 Å². The average Bonchev–Trinajstić information content (AvgIpc) is 2.59. The molecule has 1 aliphatic rings. The number of hydrogen-bond donors (Lipinski definition) is 1. The third-order valence-corrected chi connectivity index (χ3v) is 3.00. The maximum Gasteiger partial charge on any atom is 0.279 e. The quantitative estimate of drug-likeness (QED) is 0.782. The molecule has 0 radical (unpaired) electrons. The molecule has 16 heavy (non-hydrogen) atoms. The van der Waals surface area contributed by atoms with Crippen molar-refractivity contribution in [1.29, 1.82) is 0 Å². The molecular weight excluding hydrogens is 226 g/mol. The SMILES string of the molecule is C[C@@H]1SC(=NC(=O)c2ccncc2)NC1=O. The first-order valence-electron chi connectivity index (χ1n) is 4.67. The molecule has 0 saturated carbocycles. The van der Waals surface area contributed by atoms with Crippen molar-refractivity contribution in [2.45, 2.75) is 12.2 Å². The van der Waals surface area contributed by atoms with Crippen LogP contribution in [-0.2, 0) is 4.79 Å². The van der Waals surface area contributed by atoms with Crippen LogP contribution in [0.3, 0.4) is 0 Å². The van der Waals surface area contributed by atoms with E-state index in [9.17, 15) is 9.59 Å². The summed E-state index contributed by atoms with van der Waals surface area (Å²) in [6.45, 7) is 1.76. The number of aromatic nitrogens is 1. The summed E-state index contributed by atoms with van der Waals surface area (Å²) >= 11 is 1.25. The van der Waals surface area contributed by atoms with Gasteiger partial charge < -0.3 is 5.32 Å². The van der Waals surface area contributed by atoms with Gasteiger partial charge in [-0.25, -0.2) is 0 Å². The lowest BCUT2D eigenvalue weighted by Crippen LogP contribution is -2.23. The van der Waals surface area contributed by atoms with Crippen molar-refractivity contribution in [3.8, 4) is 0 Å². The van der Waals surface area contributed by atoms with Crippen LogP contribution < -0.4 is 5.32 Å². The number of amidine groups is 1. The molecule has 1 N–H and O–H groups in total. The van der Waals surface area contributed by atoms with Crippen molar-refractivity contribution < 1.29 is 9.59 Å². The predicted octanol–water partition coefficient (Wildman–Crippen LogP) is 0.829. The Hall–Kier alpha value is -1.69. The summed E-state index contributed by atoms with van der Waals surface area (Å²) in [5.74, 6) is -0.495. The first-order chi connectivity index (χ1) is 7.66. The highest BCUT2D eigenvalue weighted by Crippen LogP contribution is 2.18. The smallest absolute Gasteiger partial charge is 0.279 e. The Kier molecular flexibility index (Phi) is 3.00. The molecule has 2 heterocycles. The van der Waals surface area contributed by atoms with Gasteiger partial charge in [-0.2, -0.15) is 4.99 Å². The fourth-order valence-corrected chi connectivity index (χ4v) is 1.96. The molecule has 0 aliphatic carbocycles. The van der Waals surface area contributed by atoms with Gasteiger partial charge in [-0.1, -0.05) is 11.8 Å². The molecule has 82 valence electrons. The van der Waals surface area contributed by atoms with Crippen LogP contribution in [0, 0.1) is 0 Å². The molecule has 5 nitrogen and oxygen atoms in total. The van der Waals surface area contributed by atoms with Crippen LogP contribution in [0.2, 0.25) is 0 Å². The highest BCUT2D eigenvalue weighted by atomic mass is 32.2. The maximum atomic E-state index is 11.6. The zero-order valence-electron chi connectivity index (χ0n) is 8.51. The zero-order chi connectivity index (χ0) is 11.5. The fourth-order valence-electron chi connectivity index (χ4n) is 1.16. The zero-order valence-corrected chi connectivity index (χ0v) is 9.32. The molecule has 6 heteroatoms. The number of aliphatic imine (C=N–C) groups is 1. The standard InChI is InChI=1S/C10H9N3O2S/c1-6-8(14)12-10(16-6)13-9(15)7-2-4-11-5-3-7/h2-6H,1H3,(H,12,13,14,15)/t6-/m0/s1. The number of amides is 2. The highest BCUT2D eigenvalue weighted by molar-refractivity contribution is 8.15. The van der Waals surface area contributed by atoms with Gasteiger partial charge >= 0.3 is 0 Å². The second-order valence-electron chi connectivity index (χ2n) is 3.21. The summed E-state index contributed by atoms with van der Waals surface area (Å²) in [6.07, 6.45) is 3.05. The third-order valence-electron chi connectivity index (χ3n) is 2.02. The Bertz CT molecular complexity index is 458. The molecule has 1 atom stereocenters. The van der Waals surface area contributed by atoms with E-state index >= 15 is 0 Å². The lowest BCUT2D eigenvalue weighted by Gasteiger charge is -1.95. The Morgan fingerprint density at radius 3 is 2.75 bits per heavy atom. The summed E-state index contributed by atoms with van der Waals surface area (Å²) < 4.78 is 0. The minimum atomic E-state index is -0.376. The third kappa shape index (κ3) is 2.27. The van der Waals surface area contributed by atoms with Gasteiger partial charge in [-0.05, 0) is 19.1 Å². The second-order valence-corrected chi connectivity index (χ2v) is 4.54. The number of nitrogens with zero attached hydrogens (tertiary/aromatic N) is 2. The Morgan fingerprint density at radius 1 is 1.50 bits per heavy atom. The van der Waals surface area contributed by atoms with Crippen molar-refractivity contribution in [2.24, 2.45) is 4.99 Å². The molecule has 1 aromatic heterocycles. The Labute approximate surface area is 96.4 Å². The number of hydrogen-bond acceptors (Lipinski definition) is 4. The molecule has 2 rings (SSSR count). The van der Waals surface area contributed by atoms with Crippen LogP contribution in [0.1, 0.15) is 17.3 Å². The van der Waals surface area contributed by atoms with Gasteiger partial charge in [0.15, 0.2) is 5.17 Å². The summed E-state index contributed by atoms with van der Waals surface area (Å²) in [5.41, 5.74) is 0.455. The predicted molar refractivity (Wildman–Crippen MR) is 61.2 cm³/mol. The van der Waals surface area contributed by atoms with Crippen LogP contribution in [-0.4, -0.2) is 27.2 Å². The van der Waals surface area contributed by atoms with Gasteiger partial charge in [0.1, 0.15) is 0 Å². The summed E-state index contributed by atoms with van der Waals surface area (Å²) in [6, 6.07) is 3.16. The van der Waals surface area contributed by atoms with Crippen LogP contribution in [0.4, 0.5) is 0 Å². The van der Waals surface area contributed by atoms with E-state index in [-0.39, 0.29) is 17.1 Å². The van der Waals surface area contributed by atoms with E-state index in [1.165, 1.54) is 24.2 Å². The van der Waals surface area contributed by atoms with Gasteiger partial charge in [0.25, 0.3) is 5.91 Å². The normalized spacial score (nSPS) is 22.2. The highest BCUT2D eigenvalue weighted by Gasteiger charge is 2.26. The van der Waals surface area contributed by atoms with Gasteiger partial charge in [0.05, 0.1) is 5.25 Å². The molecule has 0 bridgehead atoms. The maximum absolute atomic E-state index is 11.6. The van der Waals surface area contributed by atoms with Gasteiger partial charge in [-0.15, -0.1) is 0 Å². The minimum Gasteiger partial charge on any atom is -0.304 e. The van der Waals surface area contributed by atoms with E-state index in [0.717, 1.165) is 0 Å². The first kappa shape index (κ1) is 10.8. The first-order valence-corrected chi connectivity index (χ1v) is 5.55. The molecule has 0 aromatic carbocycles. The van der Waals surface area contributed by atoms with Crippen molar-refractivity contribution in [1.82, 2.24) is 10.3 Å². The van der Waals surface area contributed by atoms with Crippen molar-refractivity contribution in [3.05, 3.63) is 30.1 Å². The van der Waals surface area contributed by atoms with Crippen molar-refractivity contribution >= 4 is 28.7 Å². The number of carbonyl (C=O) groups is 2. The lowest BCUT2D eigenvalue weighted by atomic mass is 10.3.